The van der Waals surface area contributed by atoms with Crippen molar-refractivity contribution in [1.29, 1.82) is 0 Å². The van der Waals surface area contributed by atoms with Crippen LogP contribution in [0.2, 0.25) is 0 Å². The first-order chi connectivity index (χ1) is 8.81. The van der Waals surface area contributed by atoms with Gasteiger partial charge in [-0.05, 0) is 38.9 Å². The molecule has 1 aromatic heterocycles. The molecule has 4 heteroatoms. The lowest BCUT2D eigenvalue weighted by Gasteiger charge is -2.17. The van der Waals surface area contributed by atoms with Crippen LogP contribution in [-0.2, 0) is 13.1 Å². The molecule has 102 valence electrons. The van der Waals surface area contributed by atoms with Gasteiger partial charge in [-0.25, -0.2) is 4.98 Å². The van der Waals surface area contributed by atoms with Crippen molar-refractivity contribution in [2.45, 2.75) is 52.2 Å². The molecule has 4 nitrogen and oxygen atoms in total. The monoisotopic (exact) mass is 250 g/mol. The summed E-state index contributed by atoms with van der Waals surface area (Å²) in [6.07, 6.45) is 8.02. The Morgan fingerprint density at radius 1 is 1.39 bits per heavy atom. The van der Waals surface area contributed by atoms with E-state index in [4.69, 9.17) is 0 Å². The highest BCUT2D eigenvalue weighted by Crippen LogP contribution is 2.18. The molecule has 1 aliphatic rings. The third-order valence-corrected chi connectivity index (χ3v) is 3.62. The Labute approximate surface area is 110 Å². The van der Waals surface area contributed by atoms with Gasteiger partial charge < -0.3 is 14.8 Å². The van der Waals surface area contributed by atoms with Gasteiger partial charge in [-0.2, -0.15) is 0 Å². The van der Waals surface area contributed by atoms with E-state index in [2.05, 4.69) is 39.8 Å². The number of aryl methyl sites for hydroxylation is 1. The zero-order chi connectivity index (χ0) is 12.8. The van der Waals surface area contributed by atoms with Crippen LogP contribution >= 0.6 is 0 Å². The van der Waals surface area contributed by atoms with Gasteiger partial charge in [0.2, 0.25) is 0 Å². The van der Waals surface area contributed by atoms with E-state index < -0.39 is 0 Å². The largest absolute Gasteiger partial charge is 0.337 e. The molecular weight excluding hydrogens is 224 g/mol. The number of nitrogens with one attached hydrogen (secondary N) is 1. The maximum absolute atomic E-state index is 4.44. The summed E-state index contributed by atoms with van der Waals surface area (Å²) in [6.45, 7) is 9.93. The highest BCUT2D eigenvalue weighted by Gasteiger charge is 2.20. The van der Waals surface area contributed by atoms with Crippen molar-refractivity contribution in [3.8, 4) is 0 Å². The normalized spacial score (nSPS) is 15.5. The second-order valence-corrected chi connectivity index (χ2v) is 5.14. The van der Waals surface area contributed by atoms with Crippen LogP contribution in [0.25, 0.3) is 0 Å². The van der Waals surface area contributed by atoms with E-state index in [1.54, 1.807) is 0 Å². The van der Waals surface area contributed by atoms with Crippen molar-refractivity contribution in [2.75, 3.05) is 19.6 Å². The summed E-state index contributed by atoms with van der Waals surface area (Å²) >= 11 is 0. The molecule has 1 heterocycles. The average molecular weight is 250 g/mol. The summed E-state index contributed by atoms with van der Waals surface area (Å²) in [5.41, 5.74) is 1.17. The molecule has 0 amide bonds. The van der Waals surface area contributed by atoms with Crippen LogP contribution in [-0.4, -0.2) is 40.1 Å². The SMILES string of the molecule is CCN(CC)CCCn1cnc(CNC2CC2)c1. The van der Waals surface area contributed by atoms with Crippen LogP contribution in [0.3, 0.4) is 0 Å². The Balaban J connectivity index is 1.65. The minimum atomic E-state index is 0.762. The smallest absolute Gasteiger partial charge is 0.0949 e. The van der Waals surface area contributed by atoms with Gasteiger partial charge in [0.1, 0.15) is 0 Å². The van der Waals surface area contributed by atoms with Crippen LogP contribution in [0.15, 0.2) is 12.5 Å². The average Bonchev–Trinajstić information content (AvgIpc) is 3.12. The molecule has 0 saturated heterocycles. The van der Waals surface area contributed by atoms with E-state index in [1.165, 1.54) is 31.5 Å². The first-order valence-corrected chi connectivity index (χ1v) is 7.28. The zero-order valence-electron chi connectivity index (χ0n) is 11.7. The van der Waals surface area contributed by atoms with Crippen LogP contribution < -0.4 is 5.32 Å². The fourth-order valence-electron chi connectivity index (χ4n) is 2.17. The van der Waals surface area contributed by atoms with Crippen LogP contribution in [0.1, 0.15) is 38.8 Å². The Kier molecular flexibility index (Phi) is 5.20. The third-order valence-electron chi connectivity index (χ3n) is 3.62. The summed E-state index contributed by atoms with van der Waals surface area (Å²) < 4.78 is 2.22. The van der Waals surface area contributed by atoms with E-state index >= 15 is 0 Å². The second kappa shape index (κ2) is 6.90. The van der Waals surface area contributed by atoms with Gasteiger partial charge in [0, 0.05) is 25.3 Å². The van der Waals surface area contributed by atoms with Crippen LogP contribution in [0, 0.1) is 0 Å². The lowest BCUT2D eigenvalue weighted by molar-refractivity contribution is 0.293. The Morgan fingerprint density at radius 3 is 2.83 bits per heavy atom. The van der Waals surface area contributed by atoms with Gasteiger partial charge >= 0.3 is 0 Å². The molecule has 18 heavy (non-hydrogen) atoms. The topological polar surface area (TPSA) is 33.1 Å². The molecule has 1 aromatic rings. The van der Waals surface area contributed by atoms with Crippen molar-refractivity contribution in [3.05, 3.63) is 18.2 Å². The predicted octanol–water partition coefficient (Wildman–Crippen LogP) is 1.87. The number of hydrogen-bond donors (Lipinski definition) is 1. The van der Waals surface area contributed by atoms with Crippen molar-refractivity contribution in [3.63, 3.8) is 0 Å². The Bertz CT molecular complexity index is 339. The van der Waals surface area contributed by atoms with Gasteiger partial charge in [0.15, 0.2) is 0 Å². The zero-order valence-corrected chi connectivity index (χ0v) is 11.7. The lowest BCUT2D eigenvalue weighted by atomic mass is 10.3. The van der Waals surface area contributed by atoms with Crippen molar-refractivity contribution >= 4 is 0 Å². The highest BCUT2D eigenvalue weighted by molar-refractivity contribution is 4.97. The van der Waals surface area contributed by atoms with Gasteiger partial charge in [-0.1, -0.05) is 13.8 Å². The lowest BCUT2D eigenvalue weighted by Crippen LogP contribution is -2.24. The fraction of sp³-hybridized carbons (Fsp3) is 0.786. The minimum absolute atomic E-state index is 0.762. The molecule has 0 bridgehead atoms. The Hall–Kier alpha value is -0.870. The fourth-order valence-corrected chi connectivity index (χ4v) is 2.17. The summed E-state index contributed by atoms with van der Waals surface area (Å²) in [6, 6.07) is 0.762. The number of rotatable bonds is 9. The number of imidazole rings is 1. The molecule has 2 rings (SSSR count). The highest BCUT2D eigenvalue weighted by atomic mass is 15.1. The third kappa shape index (κ3) is 4.42. The summed E-state index contributed by atoms with van der Waals surface area (Å²) in [5, 5.41) is 3.49. The molecule has 0 aromatic carbocycles. The van der Waals surface area contributed by atoms with E-state index in [0.29, 0.717) is 0 Å². The summed E-state index contributed by atoms with van der Waals surface area (Å²) in [5.74, 6) is 0. The predicted molar refractivity (Wildman–Crippen MR) is 74.5 cm³/mol. The molecule has 1 N–H and O–H groups in total. The minimum Gasteiger partial charge on any atom is -0.337 e. The maximum atomic E-state index is 4.44. The first-order valence-electron chi connectivity index (χ1n) is 7.28. The first kappa shape index (κ1) is 13.6. The van der Waals surface area contributed by atoms with Crippen molar-refractivity contribution in [1.82, 2.24) is 19.8 Å². The molecule has 0 aliphatic heterocycles. The number of hydrogen-bond acceptors (Lipinski definition) is 3. The van der Waals surface area contributed by atoms with Gasteiger partial charge in [0.25, 0.3) is 0 Å². The second-order valence-electron chi connectivity index (χ2n) is 5.14. The molecule has 1 saturated carbocycles. The number of nitrogens with zero attached hydrogens (tertiary/aromatic N) is 3. The van der Waals surface area contributed by atoms with Gasteiger partial charge in [-0.3, -0.25) is 0 Å². The molecule has 0 unspecified atom stereocenters. The number of aromatic nitrogens is 2. The van der Waals surface area contributed by atoms with Crippen LogP contribution in [0.4, 0.5) is 0 Å². The van der Waals surface area contributed by atoms with Gasteiger partial charge in [-0.15, -0.1) is 0 Å². The van der Waals surface area contributed by atoms with E-state index in [9.17, 15) is 0 Å². The molecule has 1 fully saturated rings. The van der Waals surface area contributed by atoms with Gasteiger partial charge in [0.05, 0.1) is 12.0 Å². The molecule has 0 spiro atoms. The van der Waals surface area contributed by atoms with Crippen molar-refractivity contribution < 1.29 is 0 Å². The molecular formula is C14H26N4. The summed E-state index contributed by atoms with van der Waals surface area (Å²) in [4.78, 5) is 6.91. The van der Waals surface area contributed by atoms with E-state index in [1.807, 2.05) is 6.33 Å². The van der Waals surface area contributed by atoms with E-state index in [0.717, 1.165) is 32.2 Å². The maximum Gasteiger partial charge on any atom is 0.0949 e. The molecule has 1 aliphatic carbocycles. The van der Waals surface area contributed by atoms with Crippen LogP contribution in [0.5, 0.6) is 0 Å². The summed E-state index contributed by atoms with van der Waals surface area (Å²) in [7, 11) is 0. The van der Waals surface area contributed by atoms with E-state index in [-0.39, 0.29) is 0 Å². The Morgan fingerprint density at radius 2 is 2.17 bits per heavy atom. The quantitative estimate of drug-likeness (QED) is 0.726. The van der Waals surface area contributed by atoms with Crippen molar-refractivity contribution in [2.24, 2.45) is 0 Å². The molecule has 0 radical (unpaired) electrons. The molecule has 0 atom stereocenters. The standard InChI is InChI=1S/C14H26N4/c1-3-17(4-2)8-5-9-18-11-14(16-12-18)10-15-13-6-7-13/h11-13,15H,3-10H2,1-2H3.